The van der Waals surface area contributed by atoms with E-state index in [2.05, 4.69) is 53.8 Å². The Morgan fingerprint density at radius 3 is 2.55 bits per heavy atom. The maximum Gasteiger partial charge on any atom is 0.255 e. The number of carbonyl (C=O) groups excluding carboxylic acids is 1. The van der Waals surface area contributed by atoms with Crippen molar-refractivity contribution in [3.63, 3.8) is 0 Å². The van der Waals surface area contributed by atoms with E-state index in [0.717, 1.165) is 51.4 Å². The Bertz CT molecular complexity index is 873. The Balaban J connectivity index is 1.43. The number of likely N-dealkylation sites (tertiary alicyclic amines) is 1. The number of aryl methyl sites for hydroxylation is 1. The van der Waals surface area contributed by atoms with Crippen LogP contribution in [0.5, 0.6) is 0 Å². The second-order valence-electron chi connectivity index (χ2n) is 8.62. The molecule has 0 N–H and O–H groups in total. The molecule has 2 aliphatic heterocycles. The third-order valence-electron chi connectivity index (χ3n) is 6.48. The van der Waals surface area contributed by atoms with Crippen molar-refractivity contribution in [3.05, 3.63) is 53.3 Å². The van der Waals surface area contributed by atoms with E-state index in [-0.39, 0.29) is 5.91 Å². The van der Waals surface area contributed by atoms with Crippen LogP contribution in [-0.2, 0) is 0 Å². The first-order valence-electron chi connectivity index (χ1n) is 10.8. The first-order valence-corrected chi connectivity index (χ1v) is 10.8. The number of aromatic nitrogens is 1. The van der Waals surface area contributed by atoms with Crippen LogP contribution in [0.15, 0.2) is 36.7 Å². The number of carbonyl (C=O) groups is 1. The fraction of sp³-hybridized carbons (Fsp3) is 0.500. The van der Waals surface area contributed by atoms with E-state index in [1.165, 1.54) is 23.2 Å². The minimum absolute atomic E-state index is 0.125. The Morgan fingerprint density at radius 1 is 1.03 bits per heavy atom. The van der Waals surface area contributed by atoms with Gasteiger partial charge in [-0.25, -0.2) is 0 Å². The van der Waals surface area contributed by atoms with Crippen LogP contribution in [-0.4, -0.2) is 55.1 Å². The van der Waals surface area contributed by atoms with Crippen molar-refractivity contribution >= 4 is 17.3 Å². The van der Waals surface area contributed by atoms with E-state index in [4.69, 9.17) is 0 Å². The monoisotopic (exact) mass is 392 g/mol. The molecule has 2 saturated heterocycles. The van der Waals surface area contributed by atoms with Crippen molar-refractivity contribution in [3.8, 4) is 0 Å². The number of pyridine rings is 1. The maximum absolute atomic E-state index is 12.9. The summed E-state index contributed by atoms with van der Waals surface area (Å²) in [4.78, 5) is 24.2. The van der Waals surface area contributed by atoms with Crippen molar-refractivity contribution < 1.29 is 4.79 Å². The minimum atomic E-state index is 0.125. The van der Waals surface area contributed by atoms with Crippen molar-refractivity contribution in [2.45, 2.75) is 33.6 Å². The van der Waals surface area contributed by atoms with Crippen molar-refractivity contribution in [2.75, 3.05) is 49.1 Å². The third-order valence-corrected chi connectivity index (χ3v) is 6.48. The molecule has 1 aromatic heterocycles. The number of hydrogen-bond donors (Lipinski definition) is 0. The molecule has 1 aromatic carbocycles. The minimum Gasteiger partial charge on any atom is -0.368 e. The summed E-state index contributed by atoms with van der Waals surface area (Å²) in [5.74, 6) is 0.710. The molecule has 0 radical (unpaired) electrons. The third kappa shape index (κ3) is 4.24. The smallest absolute Gasteiger partial charge is 0.255 e. The zero-order valence-electron chi connectivity index (χ0n) is 17.9. The molecular formula is C24H32N4O. The number of piperazine rings is 1. The zero-order valence-corrected chi connectivity index (χ0v) is 17.9. The standard InChI is InChI=1S/C24H32N4O/c1-18-6-5-9-28(17-18)24(29)21-14-22(16-25-15-21)26-10-12-27(13-11-26)23-8-4-7-19(2)20(23)3/h4,7-8,14-16,18H,5-6,9-13,17H2,1-3H3. The SMILES string of the molecule is Cc1cccc(N2CCN(c3cncc(C(=O)N4CCCC(C)C4)c3)CC2)c1C. The van der Waals surface area contributed by atoms with E-state index in [9.17, 15) is 4.79 Å². The molecule has 2 aliphatic rings. The van der Waals surface area contributed by atoms with Gasteiger partial charge in [-0.3, -0.25) is 9.78 Å². The summed E-state index contributed by atoms with van der Waals surface area (Å²) in [6.07, 6.45) is 5.92. The largest absolute Gasteiger partial charge is 0.368 e. The van der Waals surface area contributed by atoms with Gasteiger partial charge in [0.05, 0.1) is 17.4 Å². The molecule has 0 saturated carbocycles. The highest BCUT2D eigenvalue weighted by atomic mass is 16.2. The van der Waals surface area contributed by atoms with Crippen LogP contribution in [0.3, 0.4) is 0 Å². The number of rotatable bonds is 3. The van der Waals surface area contributed by atoms with Gasteiger partial charge in [-0.05, 0) is 55.9 Å². The second kappa shape index (κ2) is 8.44. The van der Waals surface area contributed by atoms with Crippen LogP contribution in [0.1, 0.15) is 41.3 Å². The Hall–Kier alpha value is -2.56. The molecule has 1 amide bonds. The van der Waals surface area contributed by atoms with E-state index >= 15 is 0 Å². The van der Waals surface area contributed by atoms with Gasteiger partial charge in [-0.15, -0.1) is 0 Å². The quantitative estimate of drug-likeness (QED) is 0.794. The molecule has 29 heavy (non-hydrogen) atoms. The molecule has 1 atom stereocenters. The van der Waals surface area contributed by atoms with Gasteiger partial charge in [0, 0.05) is 51.2 Å². The van der Waals surface area contributed by atoms with E-state index in [0.29, 0.717) is 11.5 Å². The van der Waals surface area contributed by atoms with Gasteiger partial charge < -0.3 is 14.7 Å². The van der Waals surface area contributed by atoms with E-state index in [1.54, 1.807) is 6.20 Å². The molecule has 5 heteroatoms. The molecule has 3 heterocycles. The van der Waals surface area contributed by atoms with Crippen molar-refractivity contribution in [2.24, 2.45) is 5.92 Å². The summed E-state index contributed by atoms with van der Waals surface area (Å²) in [6, 6.07) is 8.57. The lowest BCUT2D eigenvalue weighted by Gasteiger charge is -2.38. The van der Waals surface area contributed by atoms with Crippen molar-refractivity contribution in [1.82, 2.24) is 9.88 Å². The van der Waals surface area contributed by atoms with E-state index < -0.39 is 0 Å². The molecule has 0 bridgehead atoms. The number of amides is 1. The van der Waals surface area contributed by atoms with Gasteiger partial charge >= 0.3 is 0 Å². The van der Waals surface area contributed by atoms with Gasteiger partial charge in [0.25, 0.3) is 5.91 Å². The second-order valence-corrected chi connectivity index (χ2v) is 8.62. The molecular weight excluding hydrogens is 360 g/mol. The average molecular weight is 393 g/mol. The Morgan fingerprint density at radius 2 is 1.79 bits per heavy atom. The summed E-state index contributed by atoms with van der Waals surface area (Å²) in [7, 11) is 0. The van der Waals surface area contributed by atoms with Crippen LogP contribution in [0.2, 0.25) is 0 Å². The lowest BCUT2D eigenvalue weighted by molar-refractivity contribution is 0.0682. The lowest BCUT2D eigenvalue weighted by atomic mass is 10.00. The van der Waals surface area contributed by atoms with Gasteiger partial charge in [-0.1, -0.05) is 19.1 Å². The summed E-state index contributed by atoms with van der Waals surface area (Å²) in [5, 5.41) is 0. The Kier molecular flexibility index (Phi) is 5.74. The molecule has 154 valence electrons. The Labute approximate surface area is 174 Å². The highest BCUT2D eigenvalue weighted by molar-refractivity contribution is 5.94. The van der Waals surface area contributed by atoms with Crippen LogP contribution >= 0.6 is 0 Å². The van der Waals surface area contributed by atoms with Crippen LogP contribution in [0.4, 0.5) is 11.4 Å². The highest BCUT2D eigenvalue weighted by Crippen LogP contribution is 2.26. The summed E-state index contributed by atoms with van der Waals surface area (Å²) >= 11 is 0. The molecule has 0 aliphatic carbocycles. The first kappa shape index (κ1) is 19.7. The highest BCUT2D eigenvalue weighted by Gasteiger charge is 2.24. The molecule has 0 spiro atoms. The predicted octanol–water partition coefficient (Wildman–Crippen LogP) is 3.90. The topological polar surface area (TPSA) is 39.7 Å². The molecule has 2 aromatic rings. The van der Waals surface area contributed by atoms with Crippen molar-refractivity contribution in [1.29, 1.82) is 0 Å². The summed E-state index contributed by atoms with van der Waals surface area (Å²) < 4.78 is 0. The normalized spacial score (nSPS) is 20.1. The van der Waals surface area contributed by atoms with Gasteiger partial charge in [-0.2, -0.15) is 0 Å². The average Bonchev–Trinajstić information content (AvgIpc) is 2.75. The number of benzene rings is 1. The number of anilines is 2. The predicted molar refractivity (Wildman–Crippen MR) is 119 cm³/mol. The maximum atomic E-state index is 12.9. The van der Waals surface area contributed by atoms with Crippen LogP contribution in [0, 0.1) is 19.8 Å². The number of hydrogen-bond acceptors (Lipinski definition) is 4. The van der Waals surface area contributed by atoms with Crippen LogP contribution < -0.4 is 9.80 Å². The van der Waals surface area contributed by atoms with Crippen LogP contribution in [0.25, 0.3) is 0 Å². The fourth-order valence-electron chi connectivity index (χ4n) is 4.56. The fourth-order valence-corrected chi connectivity index (χ4v) is 4.56. The first-order chi connectivity index (χ1) is 14.0. The van der Waals surface area contributed by atoms with E-state index in [1.807, 2.05) is 17.2 Å². The molecule has 2 fully saturated rings. The molecule has 5 nitrogen and oxygen atoms in total. The molecule has 1 unspecified atom stereocenters. The number of nitrogens with zero attached hydrogens (tertiary/aromatic N) is 4. The van der Waals surface area contributed by atoms with Gasteiger partial charge in [0.1, 0.15) is 0 Å². The molecule has 4 rings (SSSR count). The van der Waals surface area contributed by atoms with Gasteiger partial charge in [0.2, 0.25) is 0 Å². The summed E-state index contributed by atoms with van der Waals surface area (Å²) in [5.41, 5.74) is 5.82. The summed E-state index contributed by atoms with van der Waals surface area (Å²) in [6.45, 7) is 12.2. The lowest BCUT2D eigenvalue weighted by Crippen LogP contribution is -2.47. The van der Waals surface area contributed by atoms with Gasteiger partial charge in [0.15, 0.2) is 0 Å². The number of piperidine rings is 1. The zero-order chi connectivity index (χ0) is 20.4.